The van der Waals surface area contributed by atoms with Crippen molar-refractivity contribution in [3.8, 4) is 0 Å². The molecule has 0 aliphatic heterocycles. The van der Waals surface area contributed by atoms with E-state index in [0.717, 1.165) is 19.0 Å². The van der Waals surface area contributed by atoms with Gasteiger partial charge in [-0.15, -0.1) is 0 Å². The van der Waals surface area contributed by atoms with E-state index in [4.69, 9.17) is 0 Å². The van der Waals surface area contributed by atoms with Gasteiger partial charge in [0.1, 0.15) is 0 Å². The Balaban J connectivity index is 1.85. The molecule has 3 nitrogen and oxygen atoms in total. The topological polar surface area (TPSA) is 36.4 Å². The van der Waals surface area contributed by atoms with Crippen LogP contribution in [0.3, 0.4) is 0 Å². The molecule has 0 heterocycles. The van der Waals surface area contributed by atoms with Crippen LogP contribution in [0.1, 0.15) is 38.7 Å². The average molecular weight is 259 g/mol. The van der Waals surface area contributed by atoms with Crippen molar-refractivity contribution in [1.29, 1.82) is 0 Å². The molecule has 0 radical (unpaired) electrons. The predicted molar refractivity (Wildman–Crippen MR) is 81.5 cm³/mol. The Labute approximate surface area is 116 Å². The van der Waals surface area contributed by atoms with Crippen LogP contribution in [0.4, 0.5) is 0 Å². The third kappa shape index (κ3) is 4.27. The summed E-state index contributed by atoms with van der Waals surface area (Å²) in [6.45, 7) is 8.20. The zero-order valence-electron chi connectivity index (χ0n) is 12.2. The number of benzene rings is 1. The minimum Gasteiger partial charge on any atom is -0.357 e. The Bertz CT molecular complexity index is 411. The van der Waals surface area contributed by atoms with Gasteiger partial charge >= 0.3 is 0 Å². The van der Waals surface area contributed by atoms with Gasteiger partial charge < -0.3 is 10.6 Å². The number of hydrogen-bond donors (Lipinski definition) is 2. The smallest absolute Gasteiger partial charge is 0.191 e. The van der Waals surface area contributed by atoms with Crippen LogP contribution in [0, 0.1) is 5.92 Å². The van der Waals surface area contributed by atoms with Crippen LogP contribution in [-0.4, -0.2) is 25.1 Å². The molecule has 1 saturated carbocycles. The van der Waals surface area contributed by atoms with Gasteiger partial charge in [0.15, 0.2) is 5.96 Å². The molecule has 1 aliphatic carbocycles. The van der Waals surface area contributed by atoms with Crippen molar-refractivity contribution >= 4 is 5.96 Å². The second kappa shape index (κ2) is 6.60. The maximum Gasteiger partial charge on any atom is 0.191 e. The molecular weight excluding hydrogens is 234 g/mol. The highest BCUT2D eigenvalue weighted by Crippen LogP contribution is 2.47. The largest absolute Gasteiger partial charge is 0.357 e. The SMILES string of the molecule is CCNC(=NCC1CC1c1ccccc1)NC(C)C. The zero-order chi connectivity index (χ0) is 13.7. The minimum atomic E-state index is 0.418. The first-order valence-electron chi connectivity index (χ1n) is 7.30. The van der Waals surface area contributed by atoms with Gasteiger partial charge in [-0.2, -0.15) is 0 Å². The van der Waals surface area contributed by atoms with Crippen LogP contribution in [-0.2, 0) is 0 Å². The van der Waals surface area contributed by atoms with Gasteiger partial charge in [-0.3, -0.25) is 4.99 Å². The Morgan fingerprint density at radius 2 is 2.05 bits per heavy atom. The first-order valence-corrected chi connectivity index (χ1v) is 7.30. The Hall–Kier alpha value is -1.51. The highest BCUT2D eigenvalue weighted by atomic mass is 15.2. The van der Waals surface area contributed by atoms with Crippen LogP contribution < -0.4 is 10.6 Å². The number of guanidine groups is 1. The molecule has 0 bridgehead atoms. The summed E-state index contributed by atoms with van der Waals surface area (Å²) in [6, 6.07) is 11.2. The maximum atomic E-state index is 4.69. The number of nitrogens with one attached hydrogen (secondary N) is 2. The zero-order valence-corrected chi connectivity index (χ0v) is 12.2. The van der Waals surface area contributed by atoms with Crippen LogP contribution in [0.5, 0.6) is 0 Å². The van der Waals surface area contributed by atoms with Gasteiger partial charge in [-0.05, 0) is 44.6 Å². The summed E-state index contributed by atoms with van der Waals surface area (Å²) in [4.78, 5) is 4.69. The molecule has 1 aromatic rings. The van der Waals surface area contributed by atoms with Crippen molar-refractivity contribution in [1.82, 2.24) is 10.6 Å². The van der Waals surface area contributed by atoms with E-state index in [1.165, 1.54) is 12.0 Å². The first-order chi connectivity index (χ1) is 9.20. The summed E-state index contributed by atoms with van der Waals surface area (Å²) >= 11 is 0. The molecule has 0 spiro atoms. The van der Waals surface area contributed by atoms with Crippen LogP contribution in [0.25, 0.3) is 0 Å². The summed E-state index contributed by atoms with van der Waals surface area (Å²) in [5.74, 6) is 2.37. The molecule has 2 atom stereocenters. The first kappa shape index (κ1) is 13.9. The van der Waals surface area contributed by atoms with Crippen molar-refractivity contribution < 1.29 is 0 Å². The summed E-state index contributed by atoms with van der Waals surface area (Å²) in [5, 5.41) is 6.65. The predicted octanol–water partition coefficient (Wildman–Crippen LogP) is 2.75. The molecule has 1 aromatic carbocycles. The van der Waals surface area contributed by atoms with Crippen LogP contribution in [0.2, 0.25) is 0 Å². The number of hydrogen-bond acceptors (Lipinski definition) is 1. The van der Waals surface area contributed by atoms with E-state index in [1.54, 1.807) is 0 Å². The molecule has 0 saturated heterocycles. The van der Waals surface area contributed by atoms with Crippen molar-refractivity contribution in [2.24, 2.45) is 10.9 Å². The second-order valence-electron chi connectivity index (χ2n) is 5.53. The maximum absolute atomic E-state index is 4.69. The van der Waals surface area contributed by atoms with Gasteiger partial charge in [0.2, 0.25) is 0 Å². The summed E-state index contributed by atoms with van der Waals surface area (Å²) in [7, 11) is 0. The molecule has 2 unspecified atom stereocenters. The van der Waals surface area contributed by atoms with E-state index in [-0.39, 0.29) is 0 Å². The van der Waals surface area contributed by atoms with Gasteiger partial charge in [0.25, 0.3) is 0 Å². The average Bonchev–Trinajstić information content (AvgIpc) is 3.16. The lowest BCUT2D eigenvalue weighted by Gasteiger charge is -2.13. The number of rotatable bonds is 5. The van der Waals surface area contributed by atoms with E-state index < -0.39 is 0 Å². The van der Waals surface area contributed by atoms with Crippen molar-refractivity contribution in [2.45, 2.75) is 39.2 Å². The molecule has 2 rings (SSSR count). The van der Waals surface area contributed by atoms with E-state index in [0.29, 0.717) is 17.9 Å². The molecular formula is C16H25N3. The Kier molecular flexibility index (Phi) is 4.83. The van der Waals surface area contributed by atoms with E-state index in [1.807, 2.05) is 0 Å². The monoisotopic (exact) mass is 259 g/mol. The highest BCUT2D eigenvalue weighted by Gasteiger charge is 2.37. The quantitative estimate of drug-likeness (QED) is 0.630. The van der Waals surface area contributed by atoms with Gasteiger partial charge in [-0.1, -0.05) is 30.3 Å². The van der Waals surface area contributed by atoms with E-state index >= 15 is 0 Å². The van der Waals surface area contributed by atoms with E-state index in [2.05, 4.69) is 66.7 Å². The molecule has 19 heavy (non-hydrogen) atoms. The third-order valence-corrected chi connectivity index (χ3v) is 3.40. The fourth-order valence-corrected chi connectivity index (χ4v) is 2.36. The van der Waals surface area contributed by atoms with Crippen molar-refractivity contribution in [3.05, 3.63) is 35.9 Å². The second-order valence-corrected chi connectivity index (χ2v) is 5.53. The van der Waals surface area contributed by atoms with Crippen molar-refractivity contribution in [3.63, 3.8) is 0 Å². The summed E-state index contributed by atoms with van der Waals surface area (Å²) in [6.07, 6.45) is 1.27. The van der Waals surface area contributed by atoms with E-state index in [9.17, 15) is 0 Å². The molecule has 0 amide bonds. The molecule has 2 N–H and O–H groups in total. The van der Waals surface area contributed by atoms with Crippen LogP contribution >= 0.6 is 0 Å². The normalized spacial score (nSPS) is 22.4. The van der Waals surface area contributed by atoms with Crippen LogP contribution in [0.15, 0.2) is 35.3 Å². The van der Waals surface area contributed by atoms with Gasteiger partial charge in [0.05, 0.1) is 0 Å². The molecule has 1 aliphatic rings. The summed E-state index contributed by atoms with van der Waals surface area (Å²) in [5.41, 5.74) is 1.46. The van der Waals surface area contributed by atoms with Gasteiger partial charge in [0, 0.05) is 19.1 Å². The molecule has 104 valence electrons. The lowest BCUT2D eigenvalue weighted by atomic mass is 10.1. The Morgan fingerprint density at radius 3 is 2.68 bits per heavy atom. The number of aliphatic imine (C=N–C) groups is 1. The molecule has 0 aromatic heterocycles. The Morgan fingerprint density at radius 1 is 1.32 bits per heavy atom. The highest BCUT2D eigenvalue weighted by molar-refractivity contribution is 5.80. The fraction of sp³-hybridized carbons (Fsp3) is 0.562. The minimum absolute atomic E-state index is 0.418. The molecule has 3 heteroatoms. The van der Waals surface area contributed by atoms with Gasteiger partial charge in [-0.25, -0.2) is 0 Å². The standard InChI is InChI=1S/C16H25N3/c1-4-17-16(19-12(2)3)18-11-14-10-15(14)13-8-6-5-7-9-13/h5-9,12,14-15H,4,10-11H2,1-3H3,(H2,17,18,19). The lowest BCUT2D eigenvalue weighted by molar-refractivity contribution is 0.693. The third-order valence-electron chi connectivity index (χ3n) is 3.40. The molecule has 1 fully saturated rings. The lowest BCUT2D eigenvalue weighted by Crippen LogP contribution is -2.41. The number of nitrogens with zero attached hydrogens (tertiary/aromatic N) is 1. The summed E-state index contributed by atoms with van der Waals surface area (Å²) < 4.78 is 0. The fourth-order valence-electron chi connectivity index (χ4n) is 2.36. The van der Waals surface area contributed by atoms with Crippen molar-refractivity contribution in [2.75, 3.05) is 13.1 Å².